The lowest BCUT2D eigenvalue weighted by Gasteiger charge is -2.36. The second-order valence-corrected chi connectivity index (χ2v) is 11.6. The number of methoxy groups -OCH3 is 1. The molecule has 5 rings (SSSR count). The average Bonchev–Trinajstić information content (AvgIpc) is 2.95. The lowest BCUT2D eigenvalue weighted by Crippen LogP contribution is -2.37. The Morgan fingerprint density at radius 1 is 1.18 bits per heavy atom. The highest BCUT2D eigenvalue weighted by molar-refractivity contribution is 7.99. The maximum atomic E-state index is 13.9. The Morgan fingerprint density at radius 2 is 2.00 bits per heavy atom. The van der Waals surface area contributed by atoms with Gasteiger partial charge in [0.1, 0.15) is 17.9 Å². The highest BCUT2D eigenvalue weighted by atomic mass is 35.5. The van der Waals surface area contributed by atoms with Gasteiger partial charge in [0.05, 0.1) is 30.3 Å². The molecule has 0 unspecified atom stereocenters. The van der Waals surface area contributed by atoms with Crippen molar-refractivity contribution in [2.45, 2.75) is 38.5 Å². The zero-order valence-electron chi connectivity index (χ0n) is 22.5. The fraction of sp³-hybridized carbons (Fsp3) is 0.323. The Labute approximate surface area is 241 Å². The highest BCUT2D eigenvalue weighted by Crippen LogP contribution is 2.45. The number of halogens is 1. The number of thioether (sulfide) groups is 1. The molecule has 7 nitrogen and oxygen atoms in total. The molecule has 0 bridgehead atoms. The summed E-state index contributed by atoms with van der Waals surface area (Å²) in [6.07, 6.45) is 2.11. The third kappa shape index (κ3) is 5.43. The molecule has 9 heteroatoms. The molecule has 0 spiro atoms. The van der Waals surface area contributed by atoms with E-state index in [2.05, 4.69) is 5.32 Å². The number of ether oxygens (including phenoxy) is 2. The SMILES string of the molecule is CCSCCOC(=O)C1=C(C)NC2=C(C(=O)C[C@H](c3cccc(OC)c3)C2)[C@@H]1c1coc2ccc(Cl)cc2c1=O. The van der Waals surface area contributed by atoms with E-state index in [1.54, 1.807) is 44.0 Å². The molecule has 208 valence electrons. The van der Waals surface area contributed by atoms with E-state index < -0.39 is 11.9 Å². The number of benzene rings is 2. The van der Waals surface area contributed by atoms with Crippen LogP contribution < -0.4 is 15.5 Å². The number of rotatable bonds is 8. The minimum absolute atomic E-state index is 0.0892. The Balaban J connectivity index is 1.61. The van der Waals surface area contributed by atoms with Crippen LogP contribution >= 0.6 is 23.4 Å². The van der Waals surface area contributed by atoms with Crippen molar-refractivity contribution >= 4 is 46.1 Å². The second-order valence-electron chi connectivity index (χ2n) is 9.79. The molecule has 2 heterocycles. The van der Waals surface area contributed by atoms with Crippen molar-refractivity contribution in [1.29, 1.82) is 0 Å². The van der Waals surface area contributed by atoms with E-state index in [4.69, 9.17) is 25.5 Å². The molecule has 1 aliphatic carbocycles. The van der Waals surface area contributed by atoms with Crippen LogP contribution in [-0.2, 0) is 14.3 Å². The van der Waals surface area contributed by atoms with Crippen LogP contribution in [0.2, 0.25) is 5.02 Å². The molecule has 1 aromatic heterocycles. The van der Waals surface area contributed by atoms with Gasteiger partial charge >= 0.3 is 5.97 Å². The summed E-state index contributed by atoms with van der Waals surface area (Å²) in [7, 11) is 1.61. The van der Waals surface area contributed by atoms with Crippen molar-refractivity contribution < 1.29 is 23.5 Å². The summed E-state index contributed by atoms with van der Waals surface area (Å²) in [6.45, 7) is 4.03. The summed E-state index contributed by atoms with van der Waals surface area (Å²) in [4.78, 5) is 41.2. The second kappa shape index (κ2) is 11.9. The number of hydrogen-bond acceptors (Lipinski definition) is 8. The number of dihydropyridines is 1. The fourth-order valence-corrected chi connectivity index (χ4v) is 6.15. The molecule has 0 fully saturated rings. The number of Topliss-reactive ketones (excluding diaryl/α,β-unsaturated/α-hetero) is 1. The highest BCUT2D eigenvalue weighted by Gasteiger charge is 2.43. The van der Waals surface area contributed by atoms with Gasteiger partial charge in [0, 0.05) is 39.7 Å². The molecule has 40 heavy (non-hydrogen) atoms. The Kier molecular flexibility index (Phi) is 8.38. The van der Waals surface area contributed by atoms with Gasteiger partial charge < -0.3 is 19.2 Å². The first kappa shape index (κ1) is 28.1. The largest absolute Gasteiger partial charge is 0.497 e. The van der Waals surface area contributed by atoms with Crippen LogP contribution in [0, 0.1) is 0 Å². The maximum absolute atomic E-state index is 13.9. The molecule has 2 aliphatic rings. The van der Waals surface area contributed by atoms with E-state index in [-0.39, 0.29) is 46.7 Å². The number of fused-ring (bicyclic) bond motifs is 1. The van der Waals surface area contributed by atoms with Crippen molar-refractivity contribution in [3.63, 3.8) is 0 Å². The standard InChI is InChI=1S/C31H30ClNO6S/c1-4-40-11-10-38-31(36)27-17(2)33-24-13-19(18-6-5-7-21(12-18)37-3)14-25(34)29(24)28(27)23-16-39-26-9-8-20(32)15-22(26)30(23)35/h5-9,12,15-16,19,28,33H,4,10-11,13-14H2,1-3H3/t19-,28-/m1/s1. The van der Waals surface area contributed by atoms with Crippen molar-refractivity contribution in [1.82, 2.24) is 5.32 Å². The van der Waals surface area contributed by atoms with Crippen LogP contribution in [0.5, 0.6) is 5.75 Å². The average molecular weight is 580 g/mol. The minimum Gasteiger partial charge on any atom is -0.497 e. The first-order valence-corrected chi connectivity index (χ1v) is 14.7. The molecule has 2 atom stereocenters. The predicted octanol–water partition coefficient (Wildman–Crippen LogP) is 6.11. The molecule has 1 aliphatic heterocycles. The summed E-state index contributed by atoms with van der Waals surface area (Å²) >= 11 is 7.86. The molecular formula is C31H30ClNO6S. The van der Waals surface area contributed by atoms with Crippen molar-refractivity contribution in [2.24, 2.45) is 0 Å². The van der Waals surface area contributed by atoms with Gasteiger partial charge in [-0.25, -0.2) is 4.79 Å². The first-order chi connectivity index (χ1) is 19.3. The quantitative estimate of drug-likeness (QED) is 0.252. The van der Waals surface area contributed by atoms with E-state index in [0.717, 1.165) is 11.3 Å². The smallest absolute Gasteiger partial charge is 0.336 e. The van der Waals surface area contributed by atoms with Gasteiger partial charge in [0.25, 0.3) is 0 Å². The summed E-state index contributed by atoms with van der Waals surface area (Å²) in [5, 5.41) is 3.99. The first-order valence-electron chi connectivity index (χ1n) is 13.2. The summed E-state index contributed by atoms with van der Waals surface area (Å²) in [5.41, 5.74) is 3.08. The molecule has 0 saturated heterocycles. The number of allylic oxidation sites excluding steroid dienone is 3. The maximum Gasteiger partial charge on any atom is 0.336 e. The van der Waals surface area contributed by atoms with E-state index in [0.29, 0.717) is 45.5 Å². The minimum atomic E-state index is -0.930. The number of nitrogens with one attached hydrogen (secondary N) is 1. The topological polar surface area (TPSA) is 94.8 Å². The summed E-state index contributed by atoms with van der Waals surface area (Å²) < 4.78 is 16.8. The van der Waals surface area contributed by atoms with Crippen molar-refractivity contribution in [3.05, 3.63) is 97.6 Å². The van der Waals surface area contributed by atoms with E-state index >= 15 is 0 Å². The Bertz CT molecular complexity index is 1610. The fourth-order valence-electron chi connectivity index (χ4n) is 5.48. The van der Waals surface area contributed by atoms with Gasteiger partial charge in [-0.05, 0) is 60.9 Å². The van der Waals surface area contributed by atoms with Gasteiger partial charge in [0.15, 0.2) is 11.2 Å². The summed E-state index contributed by atoms with van der Waals surface area (Å²) in [5.74, 6) is 0.550. The normalized spacial score (nSPS) is 18.9. The molecule has 1 N–H and O–H groups in total. The van der Waals surface area contributed by atoms with Gasteiger partial charge in [0.2, 0.25) is 0 Å². The molecule has 2 aromatic carbocycles. The third-order valence-corrected chi connectivity index (χ3v) is 8.45. The molecule has 0 amide bonds. The Morgan fingerprint density at radius 3 is 2.77 bits per heavy atom. The summed E-state index contributed by atoms with van der Waals surface area (Å²) in [6, 6.07) is 12.5. The number of carbonyl (C=O) groups is 2. The van der Waals surface area contributed by atoms with E-state index in [1.165, 1.54) is 6.26 Å². The zero-order valence-corrected chi connectivity index (χ0v) is 24.1. The zero-order chi connectivity index (χ0) is 28.4. The van der Waals surface area contributed by atoms with Crippen LogP contribution in [-0.4, -0.2) is 37.0 Å². The van der Waals surface area contributed by atoms with Gasteiger partial charge in [-0.1, -0.05) is 30.7 Å². The molecular weight excluding hydrogens is 550 g/mol. The third-order valence-electron chi connectivity index (χ3n) is 7.35. The van der Waals surface area contributed by atoms with Crippen molar-refractivity contribution in [2.75, 3.05) is 25.2 Å². The van der Waals surface area contributed by atoms with Crippen LogP contribution in [0.15, 0.2) is 80.5 Å². The lowest BCUT2D eigenvalue weighted by molar-refractivity contribution is -0.138. The van der Waals surface area contributed by atoms with Crippen LogP contribution in [0.4, 0.5) is 0 Å². The predicted molar refractivity (Wildman–Crippen MR) is 157 cm³/mol. The van der Waals surface area contributed by atoms with Crippen LogP contribution in [0.25, 0.3) is 11.0 Å². The van der Waals surface area contributed by atoms with E-state index in [1.807, 2.05) is 31.2 Å². The molecule has 3 aromatic rings. The van der Waals surface area contributed by atoms with Gasteiger partial charge in [-0.15, -0.1) is 0 Å². The number of hydrogen-bond donors (Lipinski definition) is 1. The van der Waals surface area contributed by atoms with Crippen molar-refractivity contribution in [3.8, 4) is 5.75 Å². The number of carbonyl (C=O) groups excluding carboxylic acids is 2. The molecule has 0 radical (unpaired) electrons. The number of ketones is 1. The monoisotopic (exact) mass is 579 g/mol. The van der Waals surface area contributed by atoms with Gasteiger partial charge in [-0.3, -0.25) is 9.59 Å². The Hall–Kier alpha value is -3.49. The number of esters is 1. The lowest BCUT2D eigenvalue weighted by atomic mass is 9.72. The van der Waals surface area contributed by atoms with E-state index in [9.17, 15) is 14.4 Å². The van der Waals surface area contributed by atoms with Crippen LogP contribution in [0.3, 0.4) is 0 Å². The molecule has 0 saturated carbocycles. The van der Waals surface area contributed by atoms with Crippen LogP contribution in [0.1, 0.15) is 49.7 Å². The van der Waals surface area contributed by atoms with Gasteiger partial charge in [-0.2, -0.15) is 11.8 Å².